The second-order valence-electron chi connectivity index (χ2n) is 5.87. The van der Waals surface area contributed by atoms with E-state index in [4.69, 9.17) is 0 Å². The van der Waals surface area contributed by atoms with Gasteiger partial charge in [-0.05, 0) is 54.5 Å². The first-order valence-corrected chi connectivity index (χ1v) is 7.72. The van der Waals surface area contributed by atoms with Gasteiger partial charge in [0, 0.05) is 19.1 Å². The highest BCUT2D eigenvalue weighted by atomic mass is 79.9. The number of hydrogen-bond donors (Lipinski definition) is 1. The van der Waals surface area contributed by atoms with Crippen molar-refractivity contribution in [3.05, 3.63) is 15.9 Å². The van der Waals surface area contributed by atoms with Gasteiger partial charge >= 0.3 is 0 Å². The van der Waals surface area contributed by atoms with Crippen LogP contribution in [0.1, 0.15) is 45.0 Å². The van der Waals surface area contributed by atoms with E-state index in [1.54, 1.807) is 0 Å². The van der Waals surface area contributed by atoms with Crippen molar-refractivity contribution in [2.24, 2.45) is 5.41 Å². The smallest absolute Gasteiger partial charge is 0.0738 e. The minimum Gasteiger partial charge on any atom is -0.314 e. The molecular formula is C14H24BrN3. The first-order chi connectivity index (χ1) is 8.47. The third kappa shape index (κ3) is 2.97. The van der Waals surface area contributed by atoms with Crippen LogP contribution in [0.2, 0.25) is 0 Å². The summed E-state index contributed by atoms with van der Waals surface area (Å²) in [5, 5.41) is 8.17. The van der Waals surface area contributed by atoms with Crippen molar-refractivity contribution in [1.29, 1.82) is 0 Å². The lowest BCUT2D eigenvalue weighted by Gasteiger charge is -2.19. The van der Waals surface area contributed by atoms with E-state index in [0.717, 1.165) is 25.2 Å². The molecular weight excluding hydrogens is 290 g/mol. The second-order valence-corrected chi connectivity index (χ2v) is 6.67. The number of halogens is 1. The van der Waals surface area contributed by atoms with Crippen LogP contribution < -0.4 is 5.32 Å². The summed E-state index contributed by atoms with van der Waals surface area (Å²) < 4.78 is 3.36. The van der Waals surface area contributed by atoms with Crippen LogP contribution >= 0.6 is 15.9 Å². The molecule has 0 unspecified atom stereocenters. The molecule has 0 spiro atoms. The fourth-order valence-corrected chi connectivity index (χ4v) is 2.83. The lowest BCUT2D eigenvalue weighted by Crippen LogP contribution is -2.31. The van der Waals surface area contributed by atoms with Crippen LogP contribution in [0.3, 0.4) is 0 Å². The summed E-state index contributed by atoms with van der Waals surface area (Å²) in [4.78, 5) is 0. The molecule has 1 aromatic heterocycles. The van der Waals surface area contributed by atoms with Gasteiger partial charge in [-0.25, -0.2) is 0 Å². The second kappa shape index (κ2) is 5.33. The summed E-state index contributed by atoms with van der Waals surface area (Å²) >= 11 is 3.70. The van der Waals surface area contributed by atoms with Crippen molar-refractivity contribution in [2.75, 3.05) is 6.54 Å². The molecule has 1 N–H and O–H groups in total. The van der Waals surface area contributed by atoms with Crippen molar-refractivity contribution in [1.82, 2.24) is 15.1 Å². The van der Waals surface area contributed by atoms with E-state index >= 15 is 0 Å². The van der Waals surface area contributed by atoms with Crippen LogP contribution in [-0.4, -0.2) is 22.4 Å². The Hall–Kier alpha value is -0.350. The molecule has 18 heavy (non-hydrogen) atoms. The van der Waals surface area contributed by atoms with Gasteiger partial charge < -0.3 is 5.32 Å². The van der Waals surface area contributed by atoms with Crippen molar-refractivity contribution < 1.29 is 0 Å². The Morgan fingerprint density at radius 3 is 2.61 bits per heavy atom. The molecule has 4 heteroatoms. The molecule has 1 fully saturated rings. The molecule has 2 rings (SSSR count). The molecule has 1 heterocycles. The van der Waals surface area contributed by atoms with Gasteiger partial charge in [-0.1, -0.05) is 13.8 Å². The molecule has 0 radical (unpaired) electrons. The summed E-state index contributed by atoms with van der Waals surface area (Å²) in [7, 11) is 0. The van der Waals surface area contributed by atoms with Crippen molar-refractivity contribution in [2.45, 2.75) is 59.5 Å². The summed E-state index contributed by atoms with van der Waals surface area (Å²) in [5.41, 5.74) is 2.96. The van der Waals surface area contributed by atoms with Crippen molar-refractivity contribution in [3.63, 3.8) is 0 Å². The van der Waals surface area contributed by atoms with Crippen LogP contribution in [0.25, 0.3) is 0 Å². The molecule has 0 amide bonds. The summed E-state index contributed by atoms with van der Waals surface area (Å²) in [6.45, 7) is 10.7. The van der Waals surface area contributed by atoms with Gasteiger partial charge in [0.2, 0.25) is 0 Å². The van der Waals surface area contributed by atoms with Gasteiger partial charge in [-0.2, -0.15) is 5.10 Å². The van der Waals surface area contributed by atoms with E-state index in [1.807, 2.05) is 0 Å². The maximum atomic E-state index is 4.59. The number of nitrogens with zero attached hydrogens (tertiary/aromatic N) is 2. The predicted molar refractivity (Wildman–Crippen MR) is 78.8 cm³/mol. The average molecular weight is 314 g/mol. The normalized spacial score (nSPS) is 17.4. The van der Waals surface area contributed by atoms with Gasteiger partial charge in [-0.3, -0.25) is 4.68 Å². The Morgan fingerprint density at radius 1 is 1.44 bits per heavy atom. The van der Waals surface area contributed by atoms with Gasteiger partial charge in [0.25, 0.3) is 0 Å². The van der Waals surface area contributed by atoms with Gasteiger partial charge in [-0.15, -0.1) is 0 Å². The minimum absolute atomic E-state index is 0.478. The summed E-state index contributed by atoms with van der Waals surface area (Å²) in [5.74, 6) is 0. The van der Waals surface area contributed by atoms with Gasteiger partial charge in [0.05, 0.1) is 15.9 Å². The zero-order chi connectivity index (χ0) is 13.3. The first kappa shape index (κ1) is 14.1. The predicted octanol–water partition coefficient (Wildman–Crippen LogP) is 3.29. The highest BCUT2D eigenvalue weighted by Gasteiger charge is 2.43. The zero-order valence-electron chi connectivity index (χ0n) is 11.9. The van der Waals surface area contributed by atoms with Crippen molar-refractivity contribution in [3.8, 4) is 0 Å². The number of rotatable bonds is 6. The van der Waals surface area contributed by atoms with Crippen LogP contribution in [0.5, 0.6) is 0 Å². The van der Waals surface area contributed by atoms with E-state index in [0.29, 0.717) is 11.5 Å². The van der Waals surface area contributed by atoms with E-state index in [2.05, 4.69) is 58.7 Å². The maximum absolute atomic E-state index is 4.59. The van der Waals surface area contributed by atoms with Crippen LogP contribution in [-0.2, 0) is 13.0 Å². The molecule has 1 aliphatic rings. The molecule has 0 saturated heterocycles. The highest BCUT2D eigenvalue weighted by Crippen LogP contribution is 2.48. The fourth-order valence-electron chi connectivity index (χ4n) is 2.41. The molecule has 1 aromatic rings. The van der Waals surface area contributed by atoms with Gasteiger partial charge in [0.15, 0.2) is 0 Å². The Morgan fingerprint density at radius 2 is 2.11 bits per heavy atom. The lowest BCUT2D eigenvalue weighted by molar-refractivity contribution is 0.415. The number of aryl methyl sites for hydroxylation is 2. The molecule has 0 bridgehead atoms. The van der Waals surface area contributed by atoms with Crippen LogP contribution in [0.4, 0.5) is 0 Å². The number of nitrogens with one attached hydrogen (secondary N) is 1. The Kier molecular flexibility index (Phi) is 4.17. The Labute approximate surface area is 118 Å². The summed E-state index contributed by atoms with van der Waals surface area (Å²) in [6.07, 6.45) is 3.82. The molecule has 0 atom stereocenters. The summed E-state index contributed by atoms with van der Waals surface area (Å²) in [6, 6.07) is 0.573. The largest absolute Gasteiger partial charge is 0.314 e. The molecule has 0 aromatic carbocycles. The maximum Gasteiger partial charge on any atom is 0.0738 e. The highest BCUT2D eigenvalue weighted by molar-refractivity contribution is 9.10. The van der Waals surface area contributed by atoms with E-state index in [9.17, 15) is 0 Å². The standard InChI is InChI=1S/C14H24BrN3/c1-5-18-12(13(15)11(4)17-18)8-14(6-7-14)9-16-10(2)3/h10,16H,5-9H2,1-4H3. The van der Waals surface area contributed by atoms with E-state index in [-0.39, 0.29) is 0 Å². The Balaban J connectivity index is 2.09. The van der Waals surface area contributed by atoms with Gasteiger partial charge in [0.1, 0.15) is 0 Å². The number of aromatic nitrogens is 2. The average Bonchev–Trinajstić information content (AvgIpc) is 3.05. The molecule has 102 valence electrons. The molecule has 3 nitrogen and oxygen atoms in total. The quantitative estimate of drug-likeness (QED) is 0.873. The lowest BCUT2D eigenvalue weighted by atomic mass is 9.99. The third-order valence-corrected chi connectivity index (χ3v) is 4.87. The number of hydrogen-bond acceptors (Lipinski definition) is 2. The van der Waals surface area contributed by atoms with E-state index in [1.165, 1.54) is 23.0 Å². The molecule has 1 aliphatic carbocycles. The van der Waals surface area contributed by atoms with Crippen molar-refractivity contribution >= 4 is 15.9 Å². The molecule has 1 saturated carbocycles. The SMILES string of the molecule is CCn1nc(C)c(Br)c1CC1(CNC(C)C)CC1. The topological polar surface area (TPSA) is 29.9 Å². The molecule has 0 aliphatic heterocycles. The van der Waals surface area contributed by atoms with E-state index < -0.39 is 0 Å². The zero-order valence-corrected chi connectivity index (χ0v) is 13.5. The minimum atomic E-state index is 0.478. The monoisotopic (exact) mass is 313 g/mol. The van der Waals surface area contributed by atoms with Crippen LogP contribution in [0, 0.1) is 12.3 Å². The third-order valence-electron chi connectivity index (χ3n) is 3.84. The Bertz CT molecular complexity index is 419. The fraction of sp³-hybridized carbons (Fsp3) is 0.786. The first-order valence-electron chi connectivity index (χ1n) is 6.92. The van der Waals surface area contributed by atoms with Crippen LogP contribution in [0.15, 0.2) is 4.47 Å².